The van der Waals surface area contributed by atoms with Gasteiger partial charge in [-0.15, -0.1) is 11.3 Å². The predicted molar refractivity (Wildman–Crippen MR) is 106 cm³/mol. The van der Waals surface area contributed by atoms with Crippen molar-refractivity contribution in [3.05, 3.63) is 76.1 Å². The Morgan fingerprint density at radius 1 is 1.12 bits per heavy atom. The summed E-state index contributed by atoms with van der Waals surface area (Å²) in [5.74, 6) is 0.647. The number of thiophene rings is 1. The first kappa shape index (κ1) is 18.6. The van der Waals surface area contributed by atoms with Gasteiger partial charge in [0.15, 0.2) is 0 Å². The first-order valence-corrected chi connectivity index (χ1v) is 10.6. The van der Waals surface area contributed by atoms with E-state index in [2.05, 4.69) is 45.5 Å². The molecule has 2 heterocycles. The van der Waals surface area contributed by atoms with Crippen molar-refractivity contribution in [1.82, 2.24) is 9.71 Å². The Balaban J connectivity index is 1.85. The number of aromatic nitrogens is 1. The number of benzene rings is 1. The second-order valence-corrected chi connectivity index (χ2v) is 8.78. The number of rotatable bonds is 7. The third-order valence-corrected chi connectivity index (χ3v) is 6.67. The highest BCUT2D eigenvalue weighted by Crippen LogP contribution is 2.29. The summed E-state index contributed by atoms with van der Waals surface area (Å²) in [5.41, 5.74) is 2.46. The second kappa shape index (κ2) is 7.99. The number of hydrogen-bond acceptors (Lipinski definition) is 5. The van der Waals surface area contributed by atoms with Gasteiger partial charge in [-0.2, -0.15) is 0 Å². The summed E-state index contributed by atoms with van der Waals surface area (Å²) in [4.78, 5) is 5.69. The van der Waals surface area contributed by atoms with E-state index in [1.54, 1.807) is 23.5 Å². The molecule has 1 unspecified atom stereocenters. The summed E-state index contributed by atoms with van der Waals surface area (Å²) >= 11 is 1.71. The average molecular weight is 388 g/mol. The van der Waals surface area contributed by atoms with Gasteiger partial charge in [-0.25, -0.2) is 18.1 Å². The number of nitrogens with zero attached hydrogens (tertiary/aromatic N) is 1. The van der Waals surface area contributed by atoms with E-state index in [4.69, 9.17) is 0 Å². The molecule has 136 valence electrons. The fourth-order valence-electron chi connectivity index (χ4n) is 2.72. The molecule has 0 amide bonds. The smallest absolute Gasteiger partial charge is 0.241 e. The maximum Gasteiger partial charge on any atom is 0.241 e. The SMILES string of the molecule is CNS(=O)(=O)c1ccc(NC(Cc2ccccc2)c2sccc2C)nc1. The molecular formula is C19H21N3O2S2. The third kappa shape index (κ3) is 4.30. The van der Waals surface area contributed by atoms with Crippen LogP contribution in [0.1, 0.15) is 22.0 Å². The summed E-state index contributed by atoms with van der Waals surface area (Å²) in [6.07, 6.45) is 2.19. The zero-order valence-corrected chi connectivity index (χ0v) is 16.3. The van der Waals surface area contributed by atoms with Crippen molar-refractivity contribution in [2.45, 2.75) is 24.3 Å². The van der Waals surface area contributed by atoms with Crippen LogP contribution in [0.25, 0.3) is 0 Å². The Labute approximate surface area is 158 Å². The van der Waals surface area contributed by atoms with E-state index >= 15 is 0 Å². The first-order chi connectivity index (χ1) is 12.5. The molecule has 0 saturated carbocycles. The van der Waals surface area contributed by atoms with Crippen LogP contribution in [0.2, 0.25) is 0 Å². The molecule has 0 radical (unpaired) electrons. The van der Waals surface area contributed by atoms with E-state index in [1.807, 2.05) is 18.2 Å². The maximum atomic E-state index is 11.8. The number of hydrogen-bond donors (Lipinski definition) is 2. The second-order valence-electron chi connectivity index (χ2n) is 5.94. The molecule has 0 saturated heterocycles. The minimum absolute atomic E-state index is 0.0663. The molecule has 3 aromatic rings. The van der Waals surface area contributed by atoms with E-state index in [-0.39, 0.29) is 10.9 Å². The van der Waals surface area contributed by atoms with Crippen LogP contribution in [-0.2, 0) is 16.4 Å². The number of sulfonamides is 1. The van der Waals surface area contributed by atoms with Gasteiger partial charge in [0.05, 0.1) is 6.04 Å². The number of aryl methyl sites for hydroxylation is 1. The molecule has 1 aromatic carbocycles. The van der Waals surface area contributed by atoms with Crippen molar-refractivity contribution in [3.63, 3.8) is 0 Å². The topological polar surface area (TPSA) is 71.1 Å². The molecule has 2 aromatic heterocycles. The van der Waals surface area contributed by atoms with Gasteiger partial charge in [-0.1, -0.05) is 30.3 Å². The number of pyridine rings is 1. The van der Waals surface area contributed by atoms with Crippen molar-refractivity contribution in [2.75, 3.05) is 12.4 Å². The highest BCUT2D eigenvalue weighted by Gasteiger charge is 2.17. The van der Waals surface area contributed by atoms with E-state index in [1.165, 1.54) is 29.2 Å². The lowest BCUT2D eigenvalue weighted by molar-refractivity contribution is 0.588. The molecule has 3 rings (SSSR count). The molecule has 0 fully saturated rings. The summed E-state index contributed by atoms with van der Waals surface area (Å²) in [6, 6.07) is 15.7. The van der Waals surface area contributed by atoms with Crippen molar-refractivity contribution < 1.29 is 8.42 Å². The Hall–Kier alpha value is -2.22. The highest BCUT2D eigenvalue weighted by molar-refractivity contribution is 7.89. The fourth-order valence-corrected chi connectivity index (χ4v) is 4.38. The van der Waals surface area contributed by atoms with Crippen molar-refractivity contribution in [2.24, 2.45) is 0 Å². The van der Waals surface area contributed by atoms with Gasteiger partial charge in [-0.05, 0) is 55.1 Å². The molecule has 0 aliphatic rings. The Morgan fingerprint density at radius 3 is 2.46 bits per heavy atom. The summed E-state index contributed by atoms with van der Waals surface area (Å²) in [6.45, 7) is 2.10. The zero-order chi connectivity index (χ0) is 18.6. The lowest BCUT2D eigenvalue weighted by atomic mass is 10.0. The fraction of sp³-hybridized carbons (Fsp3) is 0.211. The van der Waals surface area contributed by atoms with Gasteiger partial charge in [-0.3, -0.25) is 0 Å². The van der Waals surface area contributed by atoms with Crippen molar-refractivity contribution >= 4 is 27.2 Å². The molecule has 1 atom stereocenters. The third-order valence-electron chi connectivity index (χ3n) is 4.14. The highest BCUT2D eigenvalue weighted by atomic mass is 32.2. The minimum Gasteiger partial charge on any atom is -0.362 e. The van der Waals surface area contributed by atoms with Gasteiger partial charge in [0.1, 0.15) is 10.7 Å². The first-order valence-electron chi connectivity index (χ1n) is 8.23. The minimum atomic E-state index is -3.48. The van der Waals surface area contributed by atoms with Gasteiger partial charge in [0.25, 0.3) is 0 Å². The van der Waals surface area contributed by atoms with Crippen LogP contribution in [0.15, 0.2) is 65.0 Å². The lowest BCUT2D eigenvalue weighted by Gasteiger charge is -2.20. The van der Waals surface area contributed by atoms with Gasteiger partial charge < -0.3 is 5.32 Å². The Kier molecular flexibility index (Phi) is 5.70. The van der Waals surface area contributed by atoms with Crippen LogP contribution in [0, 0.1) is 6.92 Å². The molecule has 0 aliphatic carbocycles. The molecule has 5 nitrogen and oxygen atoms in total. The lowest BCUT2D eigenvalue weighted by Crippen LogP contribution is -2.19. The molecule has 26 heavy (non-hydrogen) atoms. The van der Waals surface area contributed by atoms with Gasteiger partial charge in [0, 0.05) is 11.1 Å². The van der Waals surface area contributed by atoms with Crippen molar-refractivity contribution in [3.8, 4) is 0 Å². The van der Waals surface area contributed by atoms with E-state index in [0.29, 0.717) is 5.82 Å². The van der Waals surface area contributed by atoms with Crippen LogP contribution in [0.3, 0.4) is 0 Å². The van der Waals surface area contributed by atoms with Crippen LogP contribution >= 0.6 is 11.3 Å². The van der Waals surface area contributed by atoms with Crippen LogP contribution in [0.5, 0.6) is 0 Å². The van der Waals surface area contributed by atoms with Crippen molar-refractivity contribution in [1.29, 1.82) is 0 Å². The van der Waals surface area contributed by atoms with Crippen LogP contribution in [0.4, 0.5) is 5.82 Å². The average Bonchev–Trinajstić information content (AvgIpc) is 3.08. The van der Waals surface area contributed by atoms with E-state index in [0.717, 1.165) is 6.42 Å². The quantitative estimate of drug-likeness (QED) is 0.648. The molecule has 0 bridgehead atoms. The largest absolute Gasteiger partial charge is 0.362 e. The zero-order valence-electron chi connectivity index (χ0n) is 14.6. The molecule has 2 N–H and O–H groups in total. The van der Waals surface area contributed by atoms with Gasteiger partial charge >= 0.3 is 0 Å². The Morgan fingerprint density at radius 2 is 1.88 bits per heavy atom. The monoisotopic (exact) mass is 387 g/mol. The van der Waals surface area contributed by atoms with Crippen LogP contribution < -0.4 is 10.0 Å². The normalized spacial score (nSPS) is 12.7. The Bertz CT molecular complexity index is 952. The predicted octanol–water partition coefficient (Wildman–Crippen LogP) is 3.76. The number of nitrogens with one attached hydrogen (secondary N) is 2. The van der Waals surface area contributed by atoms with E-state index < -0.39 is 10.0 Å². The summed E-state index contributed by atoms with van der Waals surface area (Å²) in [5, 5.41) is 5.54. The molecular weight excluding hydrogens is 366 g/mol. The van der Waals surface area contributed by atoms with Gasteiger partial charge in [0.2, 0.25) is 10.0 Å². The standard InChI is InChI=1S/C19H21N3O2S2/c1-14-10-11-25-19(14)17(12-15-6-4-3-5-7-15)22-18-9-8-16(13-21-18)26(23,24)20-2/h3-11,13,17,20H,12H2,1-2H3,(H,21,22). The summed E-state index contributed by atoms with van der Waals surface area (Å²) in [7, 11) is -2.09. The summed E-state index contributed by atoms with van der Waals surface area (Å²) < 4.78 is 26.0. The number of anilines is 1. The molecule has 7 heteroatoms. The molecule has 0 aliphatic heterocycles. The maximum absolute atomic E-state index is 11.8. The molecule has 0 spiro atoms. The van der Waals surface area contributed by atoms with E-state index in [9.17, 15) is 8.42 Å². The van der Waals surface area contributed by atoms with Crippen LogP contribution in [-0.4, -0.2) is 20.4 Å².